The first-order chi connectivity index (χ1) is 11.6. The molecule has 1 saturated carbocycles. The van der Waals surface area contributed by atoms with Crippen molar-refractivity contribution >= 4 is 34.2 Å². The molecule has 0 spiro atoms. The molecule has 5 rings (SSSR count). The summed E-state index contributed by atoms with van der Waals surface area (Å²) in [5, 5.41) is 10.5. The molecule has 126 valence electrons. The first-order valence-electron chi connectivity index (χ1n) is 8.24. The molecule has 8 heteroatoms. The van der Waals surface area contributed by atoms with Crippen LogP contribution in [0, 0.1) is 23.7 Å². The summed E-state index contributed by atoms with van der Waals surface area (Å²) in [7, 11) is 0. The van der Waals surface area contributed by atoms with E-state index in [2.05, 4.69) is 27.7 Å². The van der Waals surface area contributed by atoms with Crippen molar-refractivity contribution in [2.75, 3.05) is 5.32 Å². The number of allylic oxidation sites excluding steroid dienone is 2. The van der Waals surface area contributed by atoms with E-state index < -0.39 is 6.04 Å². The molecule has 1 aromatic heterocycles. The van der Waals surface area contributed by atoms with Gasteiger partial charge in [0.05, 0.1) is 11.8 Å². The summed E-state index contributed by atoms with van der Waals surface area (Å²) in [6.45, 7) is 1.81. The molecule has 2 bridgehead atoms. The Morgan fingerprint density at radius 3 is 2.38 bits per heavy atom. The molecule has 1 saturated heterocycles. The van der Waals surface area contributed by atoms with E-state index in [0.29, 0.717) is 11.6 Å². The number of carbonyl (C=O) groups is 3. The summed E-state index contributed by atoms with van der Waals surface area (Å²) in [6, 6.07) is -0.793. The highest BCUT2D eigenvalue weighted by atomic mass is 32.1. The molecule has 5 atom stereocenters. The molecule has 3 aliphatic carbocycles. The van der Waals surface area contributed by atoms with Crippen LogP contribution in [0.25, 0.3) is 0 Å². The second-order valence-corrected chi connectivity index (χ2v) is 7.38. The maximum Gasteiger partial charge on any atom is 0.249 e. The third-order valence-corrected chi connectivity index (χ3v) is 5.99. The molecule has 2 heterocycles. The van der Waals surface area contributed by atoms with Gasteiger partial charge in [-0.15, -0.1) is 10.2 Å². The third kappa shape index (κ3) is 2.20. The topological polar surface area (TPSA) is 92.3 Å². The number of rotatable bonds is 4. The highest BCUT2D eigenvalue weighted by molar-refractivity contribution is 7.13. The van der Waals surface area contributed by atoms with Gasteiger partial charge in [-0.3, -0.25) is 24.6 Å². The molecule has 7 nitrogen and oxygen atoms in total. The molecule has 5 unspecified atom stereocenters. The molecule has 3 amide bonds. The van der Waals surface area contributed by atoms with Crippen LogP contribution in [0.3, 0.4) is 0 Å². The van der Waals surface area contributed by atoms with Crippen molar-refractivity contribution < 1.29 is 14.4 Å². The van der Waals surface area contributed by atoms with Crippen LogP contribution in [0.2, 0.25) is 0 Å². The molecule has 24 heavy (non-hydrogen) atoms. The van der Waals surface area contributed by atoms with E-state index in [9.17, 15) is 14.4 Å². The van der Waals surface area contributed by atoms with Crippen molar-refractivity contribution in [3.63, 3.8) is 0 Å². The Labute approximate surface area is 143 Å². The van der Waals surface area contributed by atoms with Crippen molar-refractivity contribution in [2.45, 2.75) is 32.2 Å². The number of imide groups is 1. The largest absolute Gasteiger partial charge is 0.299 e. The van der Waals surface area contributed by atoms with Crippen molar-refractivity contribution in [3.05, 3.63) is 17.7 Å². The molecular formula is C16H18N4O3S. The summed E-state index contributed by atoms with van der Waals surface area (Å²) < 4.78 is 0. The van der Waals surface area contributed by atoms with Gasteiger partial charge in [0.1, 0.15) is 11.6 Å². The predicted molar refractivity (Wildman–Crippen MR) is 86.8 cm³/mol. The summed E-state index contributed by atoms with van der Waals surface area (Å²) in [5.74, 6) is -1.08. The minimum Gasteiger partial charge on any atom is -0.299 e. The van der Waals surface area contributed by atoms with Crippen LogP contribution in [-0.4, -0.2) is 38.9 Å². The van der Waals surface area contributed by atoms with E-state index in [1.165, 1.54) is 21.7 Å². The number of fused-ring (bicyclic) bond motifs is 1. The molecular weight excluding hydrogens is 328 g/mol. The molecule has 4 aliphatic rings. The van der Waals surface area contributed by atoms with E-state index in [1.807, 2.05) is 0 Å². The summed E-state index contributed by atoms with van der Waals surface area (Å²) >= 11 is 1.20. The maximum atomic E-state index is 12.9. The fourth-order valence-corrected chi connectivity index (χ4v) is 4.75. The zero-order chi connectivity index (χ0) is 16.8. The van der Waals surface area contributed by atoms with Crippen molar-refractivity contribution in [1.29, 1.82) is 0 Å². The lowest BCUT2D eigenvalue weighted by molar-refractivity contribution is -0.146. The number of nitrogens with zero attached hydrogens (tertiary/aromatic N) is 3. The summed E-state index contributed by atoms with van der Waals surface area (Å²) in [4.78, 5) is 39.6. The van der Waals surface area contributed by atoms with Gasteiger partial charge in [0.2, 0.25) is 22.9 Å². The standard InChI is InChI=1S/C16H18N4O3S/c1-2-10(13(21)18-16-19-17-7-24-16)20-14(22)11-8-3-4-9(6-5-8)12(11)15(20)23/h3-4,7-12H,2,5-6H2,1H3,(H,18,19,21). The van der Waals surface area contributed by atoms with Crippen LogP contribution in [0.15, 0.2) is 17.7 Å². The second kappa shape index (κ2) is 5.77. The molecule has 0 aromatic carbocycles. The highest BCUT2D eigenvalue weighted by Crippen LogP contribution is 2.50. The van der Waals surface area contributed by atoms with E-state index in [0.717, 1.165) is 12.8 Å². The van der Waals surface area contributed by atoms with Gasteiger partial charge < -0.3 is 0 Å². The third-order valence-electron chi connectivity index (χ3n) is 5.38. The van der Waals surface area contributed by atoms with Gasteiger partial charge in [-0.25, -0.2) is 0 Å². The van der Waals surface area contributed by atoms with Crippen molar-refractivity contribution in [2.24, 2.45) is 23.7 Å². The molecule has 2 fully saturated rings. The van der Waals surface area contributed by atoms with E-state index in [-0.39, 0.29) is 41.4 Å². The van der Waals surface area contributed by atoms with E-state index in [1.54, 1.807) is 6.92 Å². The molecule has 1 aliphatic heterocycles. The van der Waals surface area contributed by atoms with Crippen LogP contribution >= 0.6 is 11.3 Å². The lowest BCUT2D eigenvalue weighted by Crippen LogP contribution is -2.47. The van der Waals surface area contributed by atoms with E-state index >= 15 is 0 Å². The minimum absolute atomic E-state index is 0.130. The number of amides is 3. The average Bonchev–Trinajstić information content (AvgIpc) is 3.19. The van der Waals surface area contributed by atoms with Crippen LogP contribution < -0.4 is 5.32 Å². The monoisotopic (exact) mass is 346 g/mol. The van der Waals surface area contributed by atoms with Gasteiger partial charge in [-0.2, -0.15) is 0 Å². The van der Waals surface area contributed by atoms with Crippen LogP contribution in [-0.2, 0) is 14.4 Å². The summed E-state index contributed by atoms with van der Waals surface area (Å²) in [5.41, 5.74) is 1.51. The number of carbonyl (C=O) groups excluding carboxylic acids is 3. The van der Waals surface area contributed by atoms with Gasteiger partial charge in [0.25, 0.3) is 0 Å². The number of likely N-dealkylation sites (tertiary alicyclic amines) is 1. The highest BCUT2D eigenvalue weighted by Gasteiger charge is 2.58. The smallest absolute Gasteiger partial charge is 0.249 e. The average molecular weight is 346 g/mol. The van der Waals surface area contributed by atoms with Crippen LogP contribution in [0.1, 0.15) is 26.2 Å². The molecule has 1 aromatic rings. The van der Waals surface area contributed by atoms with E-state index in [4.69, 9.17) is 0 Å². The second-order valence-electron chi connectivity index (χ2n) is 6.55. The Balaban J connectivity index is 1.59. The normalized spacial score (nSPS) is 32.1. The SMILES string of the molecule is CCC(C(=O)Nc1nncs1)N1C(=O)C2C3C=CC(CC3)C2C1=O. The maximum absolute atomic E-state index is 12.9. The molecule has 0 radical (unpaired) electrons. The Kier molecular flexibility index (Phi) is 3.71. The van der Waals surface area contributed by atoms with Crippen molar-refractivity contribution in [3.8, 4) is 0 Å². The van der Waals surface area contributed by atoms with Gasteiger partial charge in [0.15, 0.2) is 0 Å². The zero-order valence-electron chi connectivity index (χ0n) is 13.2. The van der Waals surface area contributed by atoms with Crippen LogP contribution in [0.5, 0.6) is 0 Å². The van der Waals surface area contributed by atoms with Gasteiger partial charge in [-0.1, -0.05) is 30.4 Å². The number of hydrogen-bond donors (Lipinski definition) is 1. The number of aromatic nitrogens is 2. The predicted octanol–water partition coefficient (Wildman–Crippen LogP) is 1.45. The Morgan fingerprint density at radius 2 is 1.92 bits per heavy atom. The quantitative estimate of drug-likeness (QED) is 0.658. The Hall–Kier alpha value is -2.09. The first-order valence-corrected chi connectivity index (χ1v) is 9.12. The number of nitrogens with one attached hydrogen (secondary N) is 1. The zero-order valence-corrected chi connectivity index (χ0v) is 14.0. The molecule has 1 N–H and O–H groups in total. The Morgan fingerprint density at radius 1 is 1.29 bits per heavy atom. The van der Waals surface area contributed by atoms with Gasteiger partial charge in [-0.05, 0) is 31.1 Å². The lowest BCUT2D eigenvalue weighted by Gasteiger charge is -2.38. The van der Waals surface area contributed by atoms with Crippen LogP contribution in [0.4, 0.5) is 5.13 Å². The number of anilines is 1. The van der Waals surface area contributed by atoms with Gasteiger partial charge in [0, 0.05) is 0 Å². The minimum atomic E-state index is -0.793. The lowest BCUT2D eigenvalue weighted by atomic mass is 9.63. The fourth-order valence-electron chi connectivity index (χ4n) is 4.31. The fraction of sp³-hybridized carbons (Fsp3) is 0.562. The summed E-state index contributed by atoms with van der Waals surface area (Å²) in [6.07, 6.45) is 6.43. The first kappa shape index (κ1) is 15.4. The number of hydrogen-bond acceptors (Lipinski definition) is 6. The Bertz CT molecular complexity index is 685. The van der Waals surface area contributed by atoms with Crippen molar-refractivity contribution in [1.82, 2.24) is 15.1 Å². The van der Waals surface area contributed by atoms with Gasteiger partial charge >= 0.3 is 0 Å².